The maximum Gasteiger partial charge on any atom is 0.229 e. The molecule has 82 valence electrons. The molecule has 1 aromatic heterocycles. The van der Waals surface area contributed by atoms with Gasteiger partial charge in [0.1, 0.15) is 0 Å². The summed E-state index contributed by atoms with van der Waals surface area (Å²) in [6.45, 7) is 0.980. The molecule has 3 rings (SSSR count). The summed E-state index contributed by atoms with van der Waals surface area (Å²) in [5, 5.41) is 14.0. The molecule has 1 aliphatic carbocycles. The SMILES string of the molecule is O[C@]1(Cc2nc(C3CC3)no2)CCOC1. The molecule has 1 N–H and O–H groups in total. The largest absolute Gasteiger partial charge is 0.387 e. The van der Waals surface area contributed by atoms with Gasteiger partial charge in [-0.1, -0.05) is 5.16 Å². The first-order valence-corrected chi connectivity index (χ1v) is 5.38. The minimum Gasteiger partial charge on any atom is -0.387 e. The smallest absolute Gasteiger partial charge is 0.229 e. The lowest BCUT2D eigenvalue weighted by Crippen LogP contribution is -2.31. The van der Waals surface area contributed by atoms with Crippen molar-refractivity contribution in [2.24, 2.45) is 0 Å². The second-order valence-electron chi connectivity index (χ2n) is 4.52. The molecule has 5 nitrogen and oxygen atoms in total. The maximum absolute atomic E-state index is 10.1. The van der Waals surface area contributed by atoms with E-state index in [0.29, 0.717) is 37.9 Å². The lowest BCUT2D eigenvalue weighted by molar-refractivity contribution is 0.0207. The van der Waals surface area contributed by atoms with Gasteiger partial charge in [-0.05, 0) is 12.8 Å². The second kappa shape index (κ2) is 3.28. The van der Waals surface area contributed by atoms with Gasteiger partial charge in [-0.3, -0.25) is 0 Å². The Kier molecular flexibility index (Phi) is 2.03. The van der Waals surface area contributed by atoms with Crippen LogP contribution in [0.25, 0.3) is 0 Å². The van der Waals surface area contributed by atoms with Crippen molar-refractivity contribution in [1.29, 1.82) is 0 Å². The van der Waals surface area contributed by atoms with Crippen molar-refractivity contribution in [3.05, 3.63) is 11.7 Å². The summed E-state index contributed by atoms with van der Waals surface area (Å²) >= 11 is 0. The monoisotopic (exact) mass is 210 g/mol. The van der Waals surface area contributed by atoms with Crippen molar-refractivity contribution < 1.29 is 14.4 Å². The zero-order valence-corrected chi connectivity index (χ0v) is 8.48. The van der Waals surface area contributed by atoms with Crippen LogP contribution in [0.15, 0.2) is 4.52 Å². The first-order valence-electron chi connectivity index (χ1n) is 5.38. The van der Waals surface area contributed by atoms with Crippen LogP contribution in [0.4, 0.5) is 0 Å². The quantitative estimate of drug-likeness (QED) is 0.793. The van der Waals surface area contributed by atoms with Gasteiger partial charge in [-0.2, -0.15) is 4.98 Å². The molecule has 1 aromatic rings. The maximum atomic E-state index is 10.1. The van der Waals surface area contributed by atoms with Crippen molar-refractivity contribution >= 4 is 0 Å². The van der Waals surface area contributed by atoms with Crippen molar-refractivity contribution in [3.63, 3.8) is 0 Å². The first kappa shape index (κ1) is 9.30. The number of nitrogens with zero attached hydrogens (tertiary/aromatic N) is 2. The molecular formula is C10H14N2O3. The Morgan fingerprint density at radius 3 is 3.00 bits per heavy atom. The molecule has 15 heavy (non-hydrogen) atoms. The lowest BCUT2D eigenvalue weighted by Gasteiger charge is -2.16. The van der Waals surface area contributed by atoms with E-state index in [9.17, 15) is 5.11 Å². The van der Waals surface area contributed by atoms with Crippen LogP contribution in [0, 0.1) is 0 Å². The van der Waals surface area contributed by atoms with Crippen LogP contribution in [0.3, 0.4) is 0 Å². The van der Waals surface area contributed by atoms with Crippen LogP contribution in [0.2, 0.25) is 0 Å². The molecule has 0 bridgehead atoms. The van der Waals surface area contributed by atoms with Crippen molar-refractivity contribution in [3.8, 4) is 0 Å². The summed E-state index contributed by atoms with van der Waals surface area (Å²) in [5.41, 5.74) is -0.798. The molecule has 1 saturated heterocycles. The fourth-order valence-electron chi connectivity index (χ4n) is 1.86. The zero-order chi connectivity index (χ0) is 10.3. The molecule has 0 radical (unpaired) electrons. The molecule has 0 amide bonds. The summed E-state index contributed by atoms with van der Waals surface area (Å²) in [5.74, 6) is 1.83. The summed E-state index contributed by atoms with van der Waals surface area (Å²) in [7, 11) is 0. The average Bonchev–Trinajstić information content (AvgIpc) is 2.83. The van der Waals surface area contributed by atoms with Gasteiger partial charge in [0.15, 0.2) is 5.82 Å². The van der Waals surface area contributed by atoms with Crippen molar-refractivity contribution in [1.82, 2.24) is 10.1 Å². The Morgan fingerprint density at radius 2 is 2.33 bits per heavy atom. The molecule has 1 aliphatic heterocycles. The average molecular weight is 210 g/mol. The van der Waals surface area contributed by atoms with Crippen molar-refractivity contribution in [2.45, 2.75) is 37.2 Å². The first-order chi connectivity index (χ1) is 7.25. The highest BCUT2D eigenvalue weighted by molar-refractivity contribution is 5.04. The minimum absolute atomic E-state index is 0.369. The van der Waals surface area contributed by atoms with Crippen LogP contribution < -0.4 is 0 Å². The van der Waals surface area contributed by atoms with Crippen LogP contribution in [-0.4, -0.2) is 34.1 Å². The van der Waals surface area contributed by atoms with Gasteiger partial charge < -0.3 is 14.4 Å². The topological polar surface area (TPSA) is 68.4 Å². The summed E-state index contributed by atoms with van der Waals surface area (Å²) in [6, 6.07) is 0. The summed E-state index contributed by atoms with van der Waals surface area (Å²) in [4.78, 5) is 4.29. The zero-order valence-electron chi connectivity index (χ0n) is 8.48. The molecule has 2 fully saturated rings. The number of aliphatic hydroxyl groups is 1. The predicted molar refractivity (Wildman–Crippen MR) is 50.4 cm³/mol. The Morgan fingerprint density at radius 1 is 1.47 bits per heavy atom. The van der Waals surface area contributed by atoms with Crippen LogP contribution in [0.5, 0.6) is 0 Å². The van der Waals surface area contributed by atoms with Gasteiger partial charge in [0.05, 0.1) is 18.6 Å². The molecule has 1 atom stereocenters. The number of rotatable bonds is 3. The molecule has 1 saturated carbocycles. The lowest BCUT2D eigenvalue weighted by atomic mass is 9.99. The molecule has 0 spiro atoms. The van der Waals surface area contributed by atoms with E-state index in [1.165, 1.54) is 0 Å². The van der Waals surface area contributed by atoms with E-state index in [2.05, 4.69) is 10.1 Å². The van der Waals surface area contributed by atoms with E-state index in [4.69, 9.17) is 9.26 Å². The van der Waals surface area contributed by atoms with Crippen LogP contribution in [0.1, 0.15) is 36.9 Å². The van der Waals surface area contributed by atoms with E-state index >= 15 is 0 Å². The second-order valence-corrected chi connectivity index (χ2v) is 4.52. The standard InChI is InChI=1S/C10H14N2O3/c13-10(3-4-14-6-10)5-8-11-9(12-15-8)7-1-2-7/h7,13H,1-6H2/t10-/m0/s1. The van der Waals surface area contributed by atoms with E-state index in [0.717, 1.165) is 18.7 Å². The van der Waals surface area contributed by atoms with Crippen LogP contribution in [-0.2, 0) is 11.2 Å². The van der Waals surface area contributed by atoms with E-state index in [-0.39, 0.29) is 0 Å². The molecule has 0 aromatic carbocycles. The Hall–Kier alpha value is -0.940. The number of ether oxygens (including phenoxy) is 1. The van der Waals surface area contributed by atoms with E-state index in [1.807, 2.05) is 0 Å². The van der Waals surface area contributed by atoms with E-state index in [1.54, 1.807) is 0 Å². The Balaban J connectivity index is 1.70. The molecule has 2 heterocycles. The number of hydrogen-bond acceptors (Lipinski definition) is 5. The highest BCUT2D eigenvalue weighted by Crippen LogP contribution is 2.38. The van der Waals surface area contributed by atoms with Gasteiger partial charge >= 0.3 is 0 Å². The third-order valence-corrected chi connectivity index (χ3v) is 2.99. The Bertz CT molecular complexity index is 353. The van der Waals surface area contributed by atoms with Crippen molar-refractivity contribution in [2.75, 3.05) is 13.2 Å². The minimum atomic E-state index is -0.798. The van der Waals surface area contributed by atoms with Gasteiger partial charge in [0.25, 0.3) is 0 Å². The van der Waals surface area contributed by atoms with Gasteiger partial charge in [0, 0.05) is 18.9 Å². The highest BCUT2D eigenvalue weighted by Gasteiger charge is 2.35. The Labute approximate surface area is 87.4 Å². The molecule has 5 heteroatoms. The predicted octanol–water partition coefficient (Wildman–Crippen LogP) is 0.641. The summed E-state index contributed by atoms with van der Waals surface area (Å²) in [6.07, 6.45) is 3.37. The highest BCUT2D eigenvalue weighted by atomic mass is 16.5. The van der Waals surface area contributed by atoms with Gasteiger partial charge in [0.2, 0.25) is 5.89 Å². The number of hydrogen-bond donors (Lipinski definition) is 1. The third-order valence-electron chi connectivity index (χ3n) is 2.99. The fourth-order valence-corrected chi connectivity index (χ4v) is 1.86. The van der Waals surface area contributed by atoms with E-state index < -0.39 is 5.60 Å². The molecule has 2 aliphatic rings. The molecule has 0 unspecified atom stereocenters. The number of aromatic nitrogens is 2. The fraction of sp³-hybridized carbons (Fsp3) is 0.800. The van der Waals surface area contributed by atoms with Crippen LogP contribution >= 0.6 is 0 Å². The van der Waals surface area contributed by atoms with Gasteiger partial charge in [-0.15, -0.1) is 0 Å². The third kappa shape index (κ3) is 1.89. The normalized spacial score (nSPS) is 31.0. The van der Waals surface area contributed by atoms with Gasteiger partial charge in [-0.25, -0.2) is 0 Å². The summed E-state index contributed by atoms with van der Waals surface area (Å²) < 4.78 is 10.3. The molecular weight excluding hydrogens is 196 g/mol.